The van der Waals surface area contributed by atoms with Gasteiger partial charge in [-0.2, -0.15) is 0 Å². The molecule has 0 spiro atoms. The van der Waals surface area contributed by atoms with Gasteiger partial charge in [-0.05, 0) is 45.6 Å². The Kier molecular flexibility index (Phi) is 3.42. The first kappa shape index (κ1) is 11.9. The number of rotatable bonds is 1. The van der Waals surface area contributed by atoms with Crippen LogP contribution in [0.5, 0.6) is 0 Å². The summed E-state index contributed by atoms with van der Waals surface area (Å²) in [6.07, 6.45) is 8.02. The molecule has 17 heavy (non-hydrogen) atoms. The van der Waals surface area contributed by atoms with Crippen LogP contribution in [0.2, 0.25) is 0 Å². The van der Waals surface area contributed by atoms with Gasteiger partial charge in [0.15, 0.2) is 0 Å². The molecule has 2 saturated heterocycles. The SMILES string of the molecule is CC1CN2CCCC2CN1C1CCCC(N)C1. The van der Waals surface area contributed by atoms with Crippen molar-refractivity contribution >= 4 is 0 Å². The van der Waals surface area contributed by atoms with E-state index in [2.05, 4.69) is 16.7 Å². The van der Waals surface area contributed by atoms with E-state index in [0.29, 0.717) is 6.04 Å². The van der Waals surface area contributed by atoms with E-state index in [9.17, 15) is 0 Å². The van der Waals surface area contributed by atoms with Crippen molar-refractivity contribution in [2.45, 2.75) is 69.6 Å². The van der Waals surface area contributed by atoms with Crippen LogP contribution in [0, 0.1) is 0 Å². The van der Waals surface area contributed by atoms with Gasteiger partial charge in [-0.15, -0.1) is 0 Å². The van der Waals surface area contributed by atoms with Gasteiger partial charge in [-0.25, -0.2) is 0 Å². The number of piperazine rings is 1. The van der Waals surface area contributed by atoms with E-state index in [1.807, 2.05) is 0 Å². The van der Waals surface area contributed by atoms with E-state index in [0.717, 1.165) is 18.1 Å². The van der Waals surface area contributed by atoms with Crippen molar-refractivity contribution in [2.75, 3.05) is 19.6 Å². The van der Waals surface area contributed by atoms with Gasteiger partial charge in [0.25, 0.3) is 0 Å². The maximum atomic E-state index is 6.15. The number of nitrogens with two attached hydrogens (primary N) is 1. The summed E-state index contributed by atoms with van der Waals surface area (Å²) in [7, 11) is 0. The van der Waals surface area contributed by atoms with Crippen LogP contribution >= 0.6 is 0 Å². The Hall–Kier alpha value is -0.120. The second kappa shape index (κ2) is 4.87. The van der Waals surface area contributed by atoms with Gasteiger partial charge in [-0.3, -0.25) is 9.80 Å². The molecule has 2 aliphatic heterocycles. The van der Waals surface area contributed by atoms with Gasteiger partial charge < -0.3 is 5.73 Å². The zero-order valence-corrected chi connectivity index (χ0v) is 11.1. The molecule has 3 aliphatic rings. The molecule has 3 rings (SSSR count). The van der Waals surface area contributed by atoms with Crippen molar-refractivity contribution in [3.8, 4) is 0 Å². The van der Waals surface area contributed by atoms with Crippen LogP contribution in [0.15, 0.2) is 0 Å². The third-order valence-corrected chi connectivity index (χ3v) is 5.14. The fourth-order valence-electron chi connectivity index (χ4n) is 4.22. The summed E-state index contributed by atoms with van der Waals surface area (Å²) in [5.74, 6) is 0. The molecular weight excluding hydrogens is 210 g/mol. The second-order valence-corrected chi connectivity index (χ2v) is 6.42. The Labute approximate surface area is 105 Å². The summed E-state index contributed by atoms with van der Waals surface area (Å²) in [6, 6.07) is 2.82. The van der Waals surface area contributed by atoms with E-state index >= 15 is 0 Å². The molecular formula is C14H27N3. The van der Waals surface area contributed by atoms with E-state index in [4.69, 9.17) is 5.73 Å². The van der Waals surface area contributed by atoms with E-state index in [1.165, 1.54) is 58.2 Å². The Morgan fingerprint density at radius 3 is 2.65 bits per heavy atom. The average Bonchev–Trinajstić information content (AvgIpc) is 2.75. The summed E-state index contributed by atoms with van der Waals surface area (Å²) in [4.78, 5) is 5.50. The third-order valence-electron chi connectivity index (χ3n) is 5.14. The highest BCUT2D eigenvalue weighted by Crippen LogP contribution is 2.30. The fourth-order valence-corrected chi connectivity index (χ4v) is 4.22. The van der Waals surface area contributed by atoms with Gasteiger partial charge in [0.2, 0.25) is 0 Å². The lowest BCUT2D eigenvalue weighted by Gasteiger charge is -2.47. The highest BCUT2D eigenvalue weighted by Gasteiger charge is 2.38. The monoisotopic (exact) mass is 237 g/mol. The first-order valence-corrected chi connectivity index (χ1v) is 7.49. The van der Waals surface area contributed by atoms with E-state index in [-0.39, 0.29) is 0 Å². The van der Waals surface area contributed by atoms with Gasteiger partial charge in [0.1, 0.15) is 0 Å². The third kappa shape index (κ3) is 2.38. The van der Waals surface area contributed by atoms with E-state index < -0.39 is 0 Å². The summed E-state index contributed by atoms with van der Waals surface area (Å²) in [5, 5.41) is 0. The molecule has 4 atom stereocenters. The molecule has 3 heteroatoms. The Morgan fingerprint density at radius 1 is 1.00 bits per heavy atom. The van der Waals surface area contributed by atoms with Crippen LogP contribution in [0.3, 0.4) is 0 Å². The van der Waals surface area contributed by atoms with Crippen LogP contribution in [-0.4, -0.2) is 53.6 Å². The normalized spacial score (nSPS) is 44.8. The summed E-state index contributed by atoms with van der Waals surface area (Å²) in [6.45, 7) is 6.34. The Balaban J connectivity index is 1.65. The molecule has 2 N–H and O–H groups in total. The van der Waals surface area contributed by atoms with Crippen LogP contribution in [0.4, 0.5) is 0 Å². The topological polar surface area (TPSA) is 32.5 Å². The molecule has 0 radical (unpaired) electrons. The standard InChI is InChI=1S/C14H27N3/c1-11-9-16-7-3-6-14(16)10-17(11)13-5-2-4-12(15)8-13/h11-14H,2-10,15H2,1H3. The Bertz CT molecular complexity index is 268. The number of hydrogen-bond donors (Lipinski definition) is 1. The molecule has 1 aliphatic carbocycles. The Morgan fingerprint density at radius 2 is 1.82 bits per heavy atom. The lowest BCUT2D eigenvalue weighted by molar-refractivity contribution is 0.0138. The molecule has 98 valence electrons. The van der Waals surface area contributed by atoms with Gasteiger partial charge in [0, 0.05) is 37.3 Å². The lowest BCUT2D eigenvalue weighted by Crippen LogP contribution is -2.59. The second-order valence-electron chi connectivity index (χ2n) is 6.42. The first-order valence-electron chi connectivity index (χ1n) is 7.49. The molecule has 3 nitrogen and oxygen atoms in total. The van der Waals surface area contributed by atoms with Crippen LogP contribution in [0.25, 0.3) is 0 Å². The molecule has 2 heterocycles. The molecule has 1 saturated carbocycles. The zero-order chi connectivity index (χ0) is 11.8. The zero-order valence-electron chi connectivity index (χ0n) is 11.1. The summed E-state index contributed by atoms with van der Waals surface area (Å²) < 4.78 is 0. The first-order chi connectivity index (χ1) is 8.24. The molecule has 0 aromatic heterocycles. The molecule has 4 unspecified atom stereocenters. The maximum absolute atomic E-state index is 6.15. The van der Waals surface area contributed by atoms with Crippen LogP contribution in [0.1, 0.15) is 45.4 Å². The molecule has 0 amide bonds. The van der Waals surface area contributed by atoms with Gasteiger partial charge in [0.05, 0.1) is 0 Å². The van der Waals surface area contributed by atoms with E-state index in [1.54, 1.807) is 0 Å². The van der Waals surface area contributed by atoms with Crippen molar-refractivity contribution < 1.29 is 0 Å². The quantitative estimate of drug-likeness (QED) is 0.749. The van der Waals surface area contributed by atoms with Crippen molar-refractivity contribution in [3.05, 3.63) is 0 Å². The molecule has 0 aromatic rings. The number of fused-ring (bicyclic) bond motifs is 1. The van der Waals surface area contributed by atoms with Crippen molar-refractivity contribution in [2.24, 2.45) is 5.73 Å². The van der Waals surface area contributed by atoms with Crippen molar-refractivity contribution in [1.29, 1.82) is 0 Å². The highest BCUT2D eigenvalue weighted by molar-refractivity contribution is 4.94. The minimum absolute atomic E-state index is 0.461. The number of nitrogens with zero attached hydrogens (tertiary/aromatic N) is 2. The molecule has 0 bridgehead atoms. The predicted octanol–water partition coefficient (Wildman–Crippen LogP) is 1.42. The smallest absolute Gasteiger partial charge is 0.0224 e. The van der Waals surface area contributed by atoms with Crippen LogP contribution in [-0.2, 0) is 0 Å². The minimum atomic E-state index is 0.461. The predicted molar refractivity (Wildman–Crippen MR) is 71.0 cm³/mol. The van der Waals surface area contributed by atoms with Gasteiger partial charge in [-0.1, -0.05) is 6.42 Å². The largest absolute Gasteiger partial charge is 0.328 e. The highest BCUT2D eigenvalue weighted by atomic mass is 15.3. The molecule has 0 aromatic carbocycles. The molecule has 3 fully saturated rings. The summed E-state index contributed by atoms with van der Waals surface area (Å²) in [5.41, 5.74) is 6.15. The van der Waals surface area contributed by atoms with Gasteiger partial charge >= 0.3 is 0 Å². The maximum Gasteiger partial charge on any atom is 0.0224 e. The minimum Gasteiger partial charge on any atom is -0.328 e. The van der Waals surface area contributed by atoms with Crippen molar-refractivity contribution in [3.63, 3.8) is 0 Å². The van der Waals surface area contributed by atoms with Crippen molar-refractivity contribution in [1.82, 2.24) is 9.80 Å². The average molecular weight is 237 g/mol. The number of hydrogen-bond acceptors (Lipinski definition) is 3. The lowest BCUT2D eigenvalue weighted by atomic mass is 9.88. The summed E-state index contributed by atoms with van der Waals surface area (Å²) >= 11 is 0. The van der Waals surface area contributed by atoms with Crippen LogP contribution < -0.4 is 5.73 Å². The fraction of sp³-hybridized carbons (Fsp3) is 1.00.